The minimum absolute atomic E-state index is 0.0841. The van der Waals surface area contributed by atoms with E-state index in [4.69, 9.17) is 10.5 Å². The molecule has 7 heteroatoms. The van der Waals surface area contributed by atoms with Gasteiger partial charge in [0.25, 0.3) is 0 Å². The quantitative estimate of drug-likeness (QED) is 0.845. The van der Waals surface area contributed by atoms with Gasteiger partial charge < -0.3 is 10.5 Å². The Kier molecular flexibility index (Phi) is 4.07. The highest BCUT2D eigenvalue weighted by Gasteiger charge is 2.29. The number of halogens is 1. The van der Waals surface area contributed by atoms with Gasteiger partial charge in [0.1, 0.15) is 10.7 Å². The normalized spacial score (nSPS) is 20.1. The predicted molar refractivity (Wildman–Crippen MR) is 69.6 cm³/mol. The van der Waals surface area contributed by atoms with Crippen molar-refractivity contribution in [2.24, 2.45) is 0 Å². The summed E-state index contributed by atoms with van der Waals surface area (Å²) < 4.78 is 44.8. The highest BCUT2D eigenvalue weighted by Crippen LogP contribution is 2.25. The predicted octanol–water partition coefficient (Wildman–Crippen LogP) is 1.21. The molecule has 0 amide bonds. The Morgan fingerprint density at radius 2 is 2.26 bits per heavy atom. The number of nitrogen functional groups attached to an aromatic ring is 1. The molecule has 1 aromatic rings. The Labute approximate surface area is 112 Å². The molecule has 0 spiro atoms. The van der Waals surface area contributed by atoms with Gasteiger partial charge in [-0.1, -0.05) is 6.07 Å². The summed E-state index contributed by atoms with van der Waals surface area (Å²) in [5.41, 5.74) is 5.49. The van der Waals surface area contributed by atoms with Crippen molar-refractivity contribution < 1.29 is 17.5 Å². The van der Waals surface area contributed by atoms with Gasteiger partial charge in [-0.25, -0.2) is 12.8 Å². The smallest absolute Gasteiger partial charge is 0.247 e. The van der Waals surface area contributed by atoms with E-state index in [-0.39, 0.29) is 18.3 Å². The zero-order valence-corrected chi connectivity index (χ0v) is 11.5. The average molecular weight is 288 g/mol. The van der Waals surface area contributed by atoms with Crippen LogP contribution in [-0.2, 0) is 14.8 Å². The molecular weight excluding hydrogens is 271 g/mol. The van der Waals surface area contributed by atoms with Crippen LogP contribution in [0.25, 0.3) is 0 Å². The first-order valence-electron chi connectivity index (χ1n) is 6.05. The van der Waals surface area contributed by atoms with Crippen LogP contribution in [0.2, 0.25) is 0 Å². The van der Waals surface area contributed by atoms with Crippen LogP contribution >= 0.6 is 0 Å². The second-order valence-corrected chi connectivity index (χ2v) is 6.56. The Morgan fingerprint density at radius 3 is 2.84 bits per heavy atom. The van der Waals surface area contributed by atoms with Gasteiger partial charge in [0.2, 0.25) is 10.0 Å². The molecule has 2 N–H and O–H groups in total. The first-order valence-corrected chi connectivity index (χ1v) is 7.49. The highest BCUT2D eigenvalue weighted by molar-refractivity contribution is 7.89. The van der Waals surface area contributed by atoms with Crippen LogP contribution < -0.4 is 5.73 Å². The summed E-state index contributed by atoms with van der Waals surface area (Å²) in [5.74, 6) is -0.834. The standard InChI is InChI=1S/C12H17FN2O3S/c1-15(8-9-4-3-7-18-9)19(16,17)12-10(13)5-2-6-11(12)14/h2,5-6,9H,3-4,7-8,14H2,1H3. The van der Waals surface area contributed by atoms with Gasteiger partial charge in [0.05, 0.1) is 11.8 Å². The zero-order chi connectivity index (χ0) is 14.0. The maximum Gasteiger partial charge on any atom is 0.247 e. The monoisotopic (exact) mass is 288 g/mol. The van der Waals surface area contributed by atoms with Gasteiger partial charge in [0, 0.05) is 20.2 Å². The lowest BCUT2D eigenvalue weighted by Crippen LogP contribution is -2.34. The van der Waals surface area contributed by atoms with Crippen LogP contribution in [0.4, 0.5) is 10.1 Å². The summed E-state index contributed by atoms with van der Waals surface area (Å²) in [6.45, 7) is 0.844. The van der Waals surface area contributed by atoms with Crippen LogP contribution in [0.15, 0.2) is 23.1 Å². The fraction of sp³-hybridized carbons (Fsp3) is 0.500. The molecule has 106 valence electrons. The van der Waals surface area contributed by atoms with Crippen molar-refractivity contribution in [3.63, 3.8) is 0 Å². The van der Waals surface area contributed by atoms with E-state index in [1.165, 1.54) is 19.2 Å². The topological polar surface area (TPSA) is 72.6 Å². The molecule has 0 radical (unpaired) electrons. The second-order valence-electron chi connectivity index (χ2n) is 4.58. The third-order valence-corrected chi connectivity index (χ3v) is 5.07. The lowest BCUT2D eigenvalue weighted by Gasteiger charge is -2.21. The van der Waals surface area contributed by atoms with Gasteiger partial charge in [0.15, 0.2) is 0 Å². The molecule has 1 heterocycles. The second kappa shape index (κ2) is 5.44. The Hall–Kier alpha value is -1.18. The summed E-state index contributed by atoms with van der Waals surface area (Å²) in [6.07, 6.45) is 1.60. The number of nitrogens with zero attached hydrogens (tertiary/aromatic N) is 1. The SMILES string of the molecule is CN(CC1CCCO1)S(=O)(=O)c1c(N)cccc1F. The number of anilines is 1. The molecule has 0 aromatic heterocycles. The highest BCUT2D eigenvalue weighted by atomic mass is 32.2. The van der Waals surface area contributed by atoms with Crippen LogP contribution in [0, 0.1) is 5.82 Å². The molecule has 1 saturated heterocycles. The van der Waals surface area contributed by atoms with Gasteiger partial charge in [-0.15, -0.1) is 0 Å². The first-order chi connectivity index (χ1) is 8.93. The molecule has 1 aliphatic rings. The number of ether oxygens (including phenoxy) is 1. The molecule has 0 bridgehead atoms. The van der Waals surface area contributed by atoms with Gasteiger partial charge in [-0.3, -0.25) is 0 Å². The number of rotatable bonds is 4. The van der Waals surface area contributed by atoms with Crippen molar-refractivity contribution in [3.05, 3.63) is 24.0 Å². The fourth-order valence-corrected chi connectivity index (χ4v) is 3.48. The van der Waals surface area contributed by atoms with Crippen LogP contribution in [-0.4, -0.2) is 39.0 Å². The number of nitrogens with two attached hydrogens (primary N) is 1. The van der Waals surface area contributed by atoms with E-state index in [1.807, 2.05) is 0 Å². The zero-order valence-electron chi connectivity index (χ0n) is 10.7. The van der Waals surface area contributed by atoms with Crippen molar-refractivity contribution in [2.45, 2.75) is 23.8 Å². The van der Waals surface area contributed by atoms with Crippen molar-refractivity contribution >= 4 is 15.7 Å². The molecule has 1 fully saturated rings. The fourth-order valence-electron chi connectivity index (χ4n) is 2.13. The molecule has 19 heavy (non-hydrogen) atoms. The van der Waals surface area contributed by atoms with Crippen LogP contribution in [0.1, 0.15) is 12.8 Å². The van der Waals surface area contributed by atoms with Crippen LogP contribution in [0.5, 0.6) is 0 Å². The summed E-state index contributed by atoms with van der Waals surface area (Å²) >= 11 is 0. The molecule has 1 atom stereocenters. The number of benzene rings is 1. The third kappa shape index (κ3) is 2.88. The minimum atomic E-state index is -3.93. The maximum atomic E-state index is 13.7. The molecule has 0 saturated carbocycles. The van der Waals surface area contributed by atoms with E-state index in [1.54, 1.807) is 0 Å². The number of likely N-dealkylation sites (N-methyl/N-ethyl adjacent to an activating group) is 1. The minimum Gasteiger partial charge on any atom is -0.398 e. The molecular formula is C12H17FN2O3S. The van der Waals surface area contributed by atoms with Gasteiger partial charge in [-0.05, 0) is 25.0 Å². The van der Waals surface area contributed by atoms with Crippen molar-refractivity contribution in [2.75, 3.05) is 25.9 Å². The molecule has 2 rings (SSSR count). The third-order valence-electron chi connectivity index (χ3n) is 3.15. The summed E-state index contributed by atoms with van der Waals surface area (Å²) in [6, 6.07) is 3.84. The van der Waals surface area contributed by atoms with E-state index in [0.717, 1.165) is 23.2 Å². The van der Waals surface area contributed by atoms with Crippen LogP contribution in [0.3, 0.4) is 0 Å². The molecule has 0 aliphatic carbocycles. The van der Waals surface area contributed by atoms with Gasteiger partial charge >= 0.3 is 0 Å². The summed E-state index contributed by atoms with van der Waals surface area (Å²) in [7, 11) is -2.53. The van der Waals surface area contributed by atoms with Crippen molar-refractivity contribution in [3.8, 4) is 0 Å². The van der Waals surface area contributed by atoms with E-state index >= 15 is 0 Å². The summed E-state index contributed by atoms with van der Waals surface area (Å²) in [4.78, 5) is -0.463. The number of hydrogen-bond donors (Lipinski definition) is 1. The van der Waals surface area contributed by atoms with E-state index in [0.29, 0.717) is 6.61 Å². The average Bonchev–Trinajstić information content (AvgIpc) is 2.81. The number of hydrogen-bond acceptors (Lipinski definition) is 4. The van der Waals surface area contributed by atoms with Gasteiger partial charge in [-0.2, -0.15) is 4.31 Å². The molecule has 1 aliphatic heterocycles. The van der Waals surface area contributed by atoms with E-state index in [9.17, 15) is 12.8 Å². The summed E-state index contributed by atoms with van der Waals surface area (Å²) in [5, 5.41) is 0. The van der Waals surface area contributed by atoms with Crippen molar-refractivity contribution in [1.82, 2.24) is 4.31 Å². The largest absolute Gasteiger partial charge is 0.398 e. The maximum absolute atomic E-state index is 13.7. The van der Waals surface area contributed by atoms with E-state index in [2.05, 4.69) is 0 Å². The Balaban J connectivity index is 2.26. The first kappa shape index (κ1) is 14.2. The Bertz CT molecular complexity index is 536. The molecule has 5 nitrogen and oxygen atoms in total. The molecule has 1 aromatic carbocycles. The molecule has 1 unspecified atom stereocenters. The van der Waals surface area contributed by atoms with E-state index < -0.39 is 20.7 Å². The lowest BCUT2D eigenvalue weighted by atomic mass is 10.2. The number of sulfonamides is 1. The lowest BCUT2D eigenvalue weighted by molar-refractivity contribution is 0.0978. The Morgan fingerprint density at radius 1 is 1.53 bits per heavy atom. The van der Waals surface area contributed by atoms with Crippen molar-refractivity contribution in [1.29, 1.82) is 0 Å².